The molecule has 0 aliphatic rings. The standard InChI is InChI=1S/C10H24N4/c1-5-7-14(8-6-2)10(13-11)12-9(3)4/h9H,5-8,11H2,1-4H3,(H,12,13). The van der Waals surface area contributed by atoms with Crippen LogP contribution in [0.15, 0.2) is 4.99 Å². The summed E-state index contributed by atoms with van der Waals surface area (Å²) >= 11 is 0. The molecule has 0 saturated heterocycles. The third kappa shape index (κ3) is 5.07. The maximum atomic E-state index is 5.46. The summed E-state index contributed by atoms with van der Waals surface area (Å²) in [7, 11) is 0. The van der Waals surface area contributed by atoms with Crippen molar-refractivity contribution < 1.29 is 0 Å². The van der Waals surface area contributed by atoms with Crippen LogP contribution in [0.2, 0.25) is 0 Å². The van der Waals surface area contributed by atoms with Crippen molar-refractivity contribution in [3.63, 3.8) is 0 Å². The largest absolute Gasteiger partial charge is 0.342 e. The number of guanidine groups is 1. The van der Waals surface area contributed by atoms with E-state index in [4.69, 9.17) is 5.84 Å². The number of nitrogens with one attached hydrogen (secondary N) is 1. The van der Waals surface area contributed by atoms with Gasteiger partial charge < -0.3 is 4.90 Å². The Labute approximate surface area is 87.5 Å². The molecule has 84 valence electrons. The first kappa shape index (κ1) is 13.2. The van der Waals surface area contributed by atoms with E-state index in [0.717, 1.165) is 31.9 Å². The maximum absolute atomic E-state index is 5.46. The highest BCUT2D eigenvalue weighted by atomic mass is 15.4. The van der Waals surface area contributed by atoms with Crippen molar-refractivity contribution in [1.82, 2.24) is 10.3 Å². The molecular weight excluding hydrogens is 176 g/mol. The van der Waals surface area contributed by atoms with E-state index in [1.807, 2.05) is 13.8 Å². The van der Waals surface area contributed by atoms with E-state index >= 15 is 0 Å². The van der Waals surface area contributed by atoms with E-state index in [0.29, 0.717) is 0 Å². The summed E-state index contributed by atoms with van der Waals surface area (Å²) in [4.78, 5) is 6.63. The van der Waals surface area contributed by atoms with Crippen molar-refractivity contribution >= 4 is 5.96 Å². The van der Waals surface area contributed by atoms with E-state index in [1.165, 1.54) is 0 Å². The second-order valence-corrected chi connectivity index (χ2v) is 3.68. The van der Waals surface area contributed by atoms with Gasteiger partial charge in [0, 0.05) is 19.1 Å². The average molecular weight is 200 g/mol. The van der Waals surface area contributed by atoms with Crippen LogP contribution in [0.4, 0.5) is 0 Å². The van der Waals surface area contributed by atoms with E-state index in [9.17, 15) is 0 Å². The van der Waals surface area contributed by atoms with Gasteiger partial charge in [-0.2, -0.15) is 0 Å². The number of hydrogen-bond donors (Lipinski definition) is 2. The molecule has 0 unspecified atom stereocenters. The molecule has 14 heavy (non-hydrogen) atoms. The van der Waals surface area contributed by atoms with Crippen molar-refractivity contribution in [1.29, 1.82) is 0 Å². The fourth-order valence-corrected chi connectivity index (χ4v) is 1.32. The summed E-state index contributed by atoms with van der Waals surface area (Å²) in [6.07, 6.45) is 2.22. The number of nitrogens with two attached hydrogens (primary N) is 1. The molecule has 0 heterocycles. The number of aliphatic imine (C=N–C) groups is 1. The molecule has 3 N–H and O–H groups in total. The molecular formula is C10H24N4. The third-order valence-electron chi connectivity index (χ3n) is 1.80. The van der Waals surface area contributed by atoms with E-state index < -0.39 is 0 Å². The lowest BCUT2D eigenvalue weighted by Crippen LogP contribution is -2.46. The van der Waals surface area contributed by atoms with Gasteiger partial charge in [-0.25, -0.2) is 10.8 Å². The minimum Gasteiger partial charge on any atom is -0.342 e. The Bertz CT molecular complexity index is 160. The summed E-state index contributed by atoms with van der Waals surface area (Å²) in [5, 5.41) is 0. The molecule has 4 nitrogen and oxygen atoms in total. The van der Waals surface area contributed by atoms with Crippen LogP contribution >= 0.6 is 0 Å². The van der Waals surface area contributed by atoms with Crippen LogP contribution in [-0.2, 0) is 0 Å². The summed E-state index contributed by atoms with van der Waals surface area (Å²) in [5.74, 6) is 6.27. The SMILES string of the molecule is CCCN(CCC)C(=NC(C)C)NN. The van der Waals surface area contributed by atoms with Gasteiger partial charge in [0.05, 0.1) is 0 Å². The van der Waals surface area contributed by atoms with E-state index in [-0.39, 0.29) is 6.04 Å². The van der Waals surface area contributed by atoms with Gasteiger partial charge in [-0.1, -0.05) is 13.8 Å². The molecule has 0 amide bonds. The van der Waals surface area contributed by atoms with E-state index in [2.05, 4.69) is 29.2 Å². The Morgan fingerprint density at radius 2 is 1.79 bits per heavy atom. The van der Waals surface area contributed by atoms with Crippen LogP contribution in [0, 0.1) is 0 Å². The predicted octanol–water partition coefficient (Wildman–Crippen LogP) is 1.34. The van der Waals surface area contributed by atoms with Gasteiger partial charge in [0.15, 0.2) is 0 Å². The van der Waals surface area contributed by atoms with Crippen molar-refractivity contribution in [3.05, 3.63) is 0 Å². The summed E-state index contributed by atoms with van der Waals surface area (Å²) < 4.78 is 0. The summed E-state index contributed by atoms with van der Waals surface area (Å²) in [6.45, 7) is 10.4. The molecule has 0 saturated carbocycles. The fraction of sp³-hybridized carbons (Fsp3) is 0.900. The average Bonchev–Trinajstić information content (AvgIpc) is 2.13. The number of rotatable bonds is 5. The first-order chi connectivity index (χ1) is 6.65. The maximum Gasteiger partial charge on any atom is 0.208 e. The van der Waals surface area contributed by atoms with Gasteiger partial charge >= 0.3 is 0 Å². The third-order valence-corrected chi connectivity index (χ3v) is 1.80. The van der Waals surface area contributed by atoms with Crippen LogP contribution < -0.4 is 11.3 Å². The highest BCUT2D eigenvalue weighted by Crippen LogP contribution is 1.97. The Balaban J connectivity index is 4.40. The molecule has 0 radical (unpaired) electrons. The van der Waals surface area contributed by atoms with Gasteiger partial charge in [-0.15, -0.1) is 0 Å². The molecule has 0 aromatic heterocycles. The second-order valence-electron chi connectivity index (χ2n) is 3.68. The van der Waals surface area contributed by atoms with Crippen molar-refractivity contribution in [3.8, 4) is 0 Å². The van der Waals surface area contributed by atoms with Gasteiger partial charge in [0.25, 0.3) is 0 Å². The molecule has 0 atom stereocenters. The molecule has 0 fully saturated rings. The minimum atomic E-state index is 0.275. The lowest BCUT2D eigenvalue weighted by atomic mass is 10.3. The lowest BCUT2D eigenvalue weighted by Gasteiger charge is -2.25. The fourth-order valence-electron chi connectivity index (χ4n) is 1.32. The molecule has 0 aromatic carbocycles. The number of hydrazine groups is 1. The molecule has 0 bridgehead atoms. The van der Waals surface area contributed by atoms with Gasteiger partial charge in [-0.3, -0.25) is 5.43 Å². The normalized spacial score (nSPS) is 12.0. The Morgan fingerprint density at radius 1 is 1.29 bits per heavy atom. The summed E-state index contributed by atoms with van der Waals surface area (Å²) in [6, 6.07) is 0.275. The lowest BCUT2D eigenvalue weighted by molar-refractivity contribution is 0.399. The molecule has 0 spiro atoms. The van der Waals surface area contributed by atoms with Crippen LogP contribution in [0.3, 0.4) is 0 Å². The molecule has 0 aromatic rings. The molecule has 0 rings (SSSR count). The second kappa shape index (κ2) is 7.62. The van der Waals surface area contributed by atoms with Crippen LogP contribution in [0.1, 0.15) is 40.5 Å². The zero-order valence-electron chi connectivity index (χ0n) is 9.88. The highest BCUT2D eigenvalue weighted by Gasteiger charge is 2.08. The monoisotopic (exact) mass is 200 g/mol. The molecule has 0 aliphatic heterocycles. The van der Waals surface area contributed by atoms with Gasteiger partial charge in [-0.05, 0) is 26.7 Å². The number of nitrogens with zero attached hydrogens (tertiary/aromatic N) is 2. The summed E-state index contributed by atoms with van der Waals surface area (Å²) in [5.41, 5.74) is 2.68. The Hall–Kier alpha value is -0.770. The van der Waals surface area contributed by atoms with Crippen LogP contribution in [0.5, 0.6) is 0 Å². The van der Waals surface area contributed by atoms with Gasteiger partial charge in [0.1, 0.15) is 0 Å². The van der Waals surface area contributed by atoms with Crippen LogP contribution in [0.25, 0.3) is 0 Å². The quantitative estimate of drug-likeness (QED) is 0.305. The van der Waals surface area contributed by atoms with Crippen molar-refractivity contribution in [2.24, 2.45) is 10.8 Å². The first-order valence-corrected chi connectivity index (χ1v) is 5.45. The van der Waals surface area contributed by atoms with E-state index in [1.54, 1.807) is 0 Å². The topological polar surface area (TPSA) is 53.6 Å². The minimum absolute atomic E-state index is 0.275. The molecule has 0 aliphatic carbocycles. The molecule has 4 heteroatoms. The zero-order chi connectivity index (χ0) is 11.0. The van der Waals surface area contributed by atoms with Gasteiger partial charge in [0.2, 0.25) is 5.96 Å². The smallest absolute Gasteiger partial charge is 0.208 e. The van der Waals surface area contributed by atoms with Crippen molar-refractivity contribution in [2.75, 3.05) is 13.1 Å². The van der Waals surface area contributed by atoms with Crippen molar-refractivity contribution in [2.45, 2.75) is 46.6 Å². The highest BCUT2D eigenvalue weighted by molar-refractivity contribution is 5.79. The van der Waals surface area contributed by atoms with Crippen LogP contribution in [-0.4, -0.2) is 30.0 Å². The first-order valence-electron chi connectivity index (χ1n) is 5.45. The predicted molar refractivity (Wildman–Crippen MR) is 62.0 cm³/mol. The Morgan fingerprint density at radius 3 is 2.07 bits per heavy atom. The zero-order valence-corrected chi connectivity index (χ0v) is 9.88. The Kier molecular flexibility index (Phi) is 7.20. The number of hydrogen-bond acceptors (Lipinski definition) is 2.